The van der Waals surface area contributed by atoms with Crippen LogP contribution in [0.2, 0.25) is 0 Å². The number of hydrogen-bond donors (Lipinski definition) is 1. The lowest BCUT2D eigenvalue weighted by Crippen LogP contribution is -2.98. The zero-order valence-electron chi connectivity index (χ0n) is 15.9. The zero-order chi connectivity index (χ0) is 20.3. The summed E-state index contributed by atoms with van der Waals surface area (Å²) in [5, 5.41) is 1.90. The first-order valence-corrected chi connectivity index (χ1v) is 9.66. The molecule has 0 saturated carbocycles. The molecule has 2 aromatic carbocycles. The molecule has 144 valence electrons. The molecular weight excluding hydrogens is 366 g/mol. The fourth-order valence-corrected chi connectivity index (χ4v) is 5.37. The van der Waals surface area contributed by atoms with E-state index in [1.54, 1.807) is 29.2 Å². The number of carbonyl (C=O) groups excluding carboxylic acids is 3. The summed E-state index contributed by atoms with van der Waals surface area (Å²) in [4.78, 5) is 43.4. The maximum atomic E-state index is 13.7. The topological polar surface area (TPSA) is 74.3 Å². The molecule has 5 rings (SSSR count). The second-order valence-corrected chi connectivity index (χ2v) is 7.86. The highest BCUT2D eigenvalue weighted by atomic mass is 16.2. The highest BCUT2D eigenvalue weighted by molar-refractivity contribution is 6.25. The van der Waals surface area contributed by atoms with Gasteiger partial charge in [0, 0.05) is 5.56 Å². The van der Waals surface area contributed by atoms with Crippen LogP contribution in [-0.4, -0.2) is 30.3 Å². The van der Waals surface area contributed by atoms with Crippen molar-refractivity contribution in [3.05, 3.63) is 60.2 Å². The van der Waals surface area contributed by atoms with Crippen LogP contribution in [0.4, 0.5) is 11.4 Å². The number of anilines is 2. The number of benzene rings is 2. The Balaban J connectivity index is 1.69. The van der Waals surface area contributed by atoms with Crippen LogP contribution in [0.1, 0.15) is 12.5 Å². The van der Waals surface area contributed by atoms with Crippen LogP contribution < -0.4 is 15.1 Å². The van der Waals surface area contributed by atoms with E-state index in [2.05, 4.69) is 5.92 Å². The minimum Gasteiger partial charge on any atom is -0.326 e. The number of carbonyl (C=O) groups is 3. The lowest BCUT2D eigenvalue weighted by atomic mass is 9.76. The molecule has 2 N–H and O–H groups in total. The van der Waals surface area contributed by atoms with Crippen molar-refractivity contribution >= 4 is 29.1 Å². The van der Waals surface area contributed by atoms with Gasteiger partial charge < -0.3 is 5.32 Å². The van der Waals surface area contributed by atoms with Crippen molar-refractivity contribution in [3.63, 3.8) is 0 Å². The van der Waals surface area contributed by atoms with Gasteiger partial charge in [-0.15, -0.1) is 6.42 Å². The van der Waals surface area contributed by atoms with Crippen molar-refractivity contribution in [3.8, 4) is 12.3 Å². The Bertz CT molecular complexity index is 1090. The van der Waals surface area contributed by atoms with Gasteiger partial charge in [0.2, 0.25) is 17.4 Å². The maximum Gasteiger partial charge on any atom is 0.295 e. The van der Waals surface area contributed by atoms with Gasteiger partial charge in [-0.05, 0) is 25.1 Å². The second-order valence-electron chi connectivity index (χ2n) is 7.86. The van der Waals surface area contributed by atoms with Crippen LogP contribution >= 0.6 is 0 Å². The van der Waals surface area contributed by atoms with Gasteiger partial charge in [-0.3, -0.25) is 19.3 Å². The van der Waals surface area contributed by atoms with Gasteiger partial charge in [0.25, 0.3) is 5.91 Å². The van der Waals surface area contributed by atoms with E-state index in [-0.39, 0.29) is 30.3 Å². The summed E-state index contributed by atoms with van der Waals surface area (Å²) in [6, 6.07) is 16.1. The van der Waals surface area contributed by atoms with Crippen molar-refractivity contribution in [2.24, 2.45) is 11.8 Å². The van der Waals surface area contributed by atoms with Crippen LogP contribution in [0, 0.1) is 24.2 Å². The summed E-state index contributed by atoms with van der Waals surface area (Å²) in [6.45, 7) is 2.04. The summed E-state index contributed by atoms with van der Waals surface area (Å²) < 4.78 is 0. The molecule has 2 aromatic rings. The van der Waals surface area contributed by atoms with Gasteiger partial charge in [-0.2, -0.15) is 0 Å². The van der Waals surface area contributed by atoms with E-state index < -0.39 is 17.4 Å². The van der Waals surface area contributed by atoms with Crippen LogP contribution in [0.3, 0.4) is 0 Å². The first-order chi connectivity index (χ1) is 14.0. The van der Waals surface area contributed by atoms with Crippen LogP contribution in [0.5, 0.6) is 0 Å². The molecule has 6 heteroatoms. The fraction of sp³-hybridized carbons (Fsp3) is 0.261. The van der Waals surface area contributed by atoms with Crippen LogP contribution in [0.25, 0.3) is 0 Å². The molecule has 0 unspecified atom stereocenters. The number of para-hydroxylation sites is 2. The maximum absolute atomic E-state index is 13.7. The molecular formula is C23H20N3O3+. The lowest BCUT2D eigenvalue weighted by molar-refractivity contribution is -0.730. The molecule has 0 aliphatic carbocycles. The fourth-order valence-electron chi connectivity index (χ4n) is 5.37. The molecule has 0 radical (unpaired) electrons. The highest BCUT2D eigenvalue weighted by Crippen LogP contribution is 2.51. The van der Waals surface area contributed by atoms with Crippen molar-refractivity contribution in [1.29, 1.82) is 0 Å². The summed E-state index contributed by atoms with van der Waals surface area (Å²) in [5.74, 6) is 0.435. The first-order valence-electron chi connectivity index (χ1n) is 9.66. The van der Waals surface area contributed by atoms with E-state index >= 15 is 0 Å². The molecule has 3 aliphatic rings. The number of nitrogens with zero attached hydrogens (tertiary/aromatic N) is 2. The Morgan fingerprint density at radius 2 is 1.72 bits per heavy atom. The molecule has 6 nitrogen and oxygen atoms in total. The molecule has 3 amide bonds. The average molecular weight is 386 g/mol. The van der Waals surface area contributed by atoms with Gasteiger partial charge in [0.05, 0.1) is 24.0 Å². The summed E-state index contributed by atoms with van der Waals surface area (Å²) in [5.41, 5.74) is 0.862. The summed E-state index contributed by atoms with van der Waals surface area (Å²) >= 11 is 0. The lowest BCUT2D eigenvalue weighted by Gasteiger charge is -2.26. The number of quaternary nitrogens is 1. The Kier molecular flexibility index (Phi) is 3.67. The molecule has 2 saturated heterocycles. The Labute approximate surface area is 168 Å². The van der Waals surface area contributed by atoms with Crippen LogP contribution in [0.15, 0.2) is 54.6 Å². The smallest absolute Gasteiger partial charge is 0.295 e. The SMILES string of the molecule is C#CCN1C(=O)[C@]2([NH2+][C@H](C)[C@H]3C(=O)N(c4ccccc4)C(=O)[C@H]32)c2ccccc21. The minimum absolute atomic E-state index is 0.127. The number of fused-ring (bicyclic) bond motifs is 4. The number of terminal acetylenes is 1. The monoisotopic (exact) mass is 386 g/mol. The van der Waals surface area contributed by atoms with Crippen molar-refractivity contribution in [2.75, 3.05) is 16.3 Å². The van der Waals surface area contributed by atoms with Crippen LogP contribution in [-0.2, 0) is 19.9 Å². The van der Waals surface area contributed by atoms with Crippen molar-refractivity contribution < 1.29 is 19.7 Å². The second kappa shape index (κ2) is 6.03. The van der Waals surface area contributed by atoms with Gasteiger partial charge in [0.15, 0.2) is 0 Å². The first kappa shape index (κ1) is 17.7. The van der Waals surface area contributed by atoms with E-state index in [0.29, 0.717) is 5.69 Å². The quantitative estimate of drug-likeness (QED) is 0.608. The van der Waals surface area contributed by atoms with Gasteiger partial charge in [-0.1, -0.05) is 42.3 Å². The van der Waals surface area contributed by atoms with Gasteiger partial charge in [0.1, 0.15) is 11.8 Å². The predicted octanol–water partition coefficient (Wildman–Crippen LogP) is 0.633. The molecule has 0 aromatic heterocycles. The van der Waals surface area contributed by atoms with E-state index in [1.165, 1.54) is 4.90 Å². The largest absolute Gasteiger partial charge is 0.326 e. The number of amides is 3. The van der Waals surface area contributed by atoms with Crippen molar-refractivity contribution in [1.82, 2.24) is 0 Å². The highest BCUT2D eigenvalue weighted by Gasteiger charge is 2.74. The minimum atomic E-state index is -1.16. The van der Waals surface area contributed by atoms with E-state index in [1.807, 2.05) is 42.6 Å². The Morgan fingerprint density at radius 1 is 1.03 bits per heavy atom. The molecule has 3 heterocycles. The summed E-state index contributed by atoms with van der Waals surface area (Å²) in [7, 11) is 0. The standard InChI is InChI=1S/C23H19N3O3/c1-3-13-25-17-12-8-7-11-16(17)23(22(25)29)19-18(14(2)24-23)20(27)26(21(19)28)15-9-5-4-6-10-15/h1,4-12,14,18-19,24H,13H2,2H3/p+1/t14-,18-,19+,23+/m1/s1. The predicted molar refractivity (Wildman–Crippen MR) is 107 cm³/mol. The molecule has 4 atom stereocenters. The molecule has 2 fully saturated rings. The number of imide groups is 1. The Morgan fingerprint density at radius 3 is 2.45 bits per heavy atom. The Hall–Kier alpha value is -3.43. The zero-order valence-corrected chi connectivity index (χ0v) is 15.9. The third kappa shape index (κ3) is 2.08. The molecule has 0 bridgehead atoms. The molecule has 3 aliphatic heterocycles. The summed E-state index contributed by atoms with van der Waals surface area (Å²) in [6.07, 6.45) is 5.51. The molecule has 1 spiro atoms. The third-order valence-corrected chi connectivity index (χ3v) is 6.44. The van der Waals surface area contributed by atoms with Gasteiger partial charge >= 0.3 is 0 Å². The normalized spacial score (nSPS) is 30.1. The third-order valence-electron chi connectivity index (χ3n) is 6.44. The van der Waals surface area contributed by atoms with E-state index in [4.69, 9.17) is 6.42 Å². The van der Waals surface area contributed by atoms with Gasteiger partial charge in [-0.25, -0.2) is 4.90 Å². The number of nitrogens with two attached hydrogens (primary N) is 1. The average Bonchev–Trinajstić information content (AvgIpc) is 3.27. The number of hydrogen-bond acceptors (Lipinski definition) is 3. The van der Waals surface area contributed by atoms with Crippen molar-refractivity contribution in [2.45, 2.75) is 18.5 Å². The molecule has 29 heavy (non-hydrogen) atoms. The van der Waals surface area contributed by atoms with E-state index in [9.17, 15) is 14.4 Å². The number of rotatable bonds is 2. The van der Waals surface area contributed by atoms with E-state index in [0.717, 1.165) is 11.3 Å².